The lowest BCUT2D eigenvalue weighted by atomic mass is 9.85. The van der Waals surface area contributed by atoms with Gasteiger partial charge in [0.1, 0.15) is 29.7 Å². The van der Waals surface area contributed by atoms with Crippen LogP contribution >= 0.6 is 0 Å². The van der Waals surface area contributed by atoms with Crippen molar-refractivity contribution >= 4 is 22.9 Å². The summed E-state index contributed by atoms with van der Waals surface area (Å²) in [6.07, 6.45) is 3.19. The van der Waals surface area contributed by atoms with Crippen molar-refractivity contribution in [1.29, 1.82) is 0 Å². The third kappa shape index (κ3) is 3.48. The zero-order chi connectivity index (χ0) is 21.7. The van der Waals surface area contributed by atoms with Crippen LogP contribution in [0.1, 0.15) is 30.3 Å². The van der Waals surface area contributed by atoms with E-state index in [1.54, 1.807) is 12.1 Å². The molecule has 1 aromatic heterocycles. The molecule has 0 saturated carbocycles. The Morgan fingerprint density at radius 1 is 1.13 bits per heavy atom. The average Bonchev–Trinajstić information content (AvgIpc) is 3.37. The number of carbonyl (C=O) groups is 2. The summed E-state index contributed by atoms with van der Waals surface area (Å²) in [7, 11) is 0. The number of hydrogen-bond acceptors (Lipinski definition) is 6. The van der Waals surface area contributed by atoms with Gasteiger partial charge in [-0.2, -0.15) is 0 Å². The van der Waals surface area contributed by atoms with Crippen molar-refractivity contribution in [2.75, 3.05) is 0 Å². The van der Waals surface area contributed by atoms with Gasteiger partial charge in [-0.3, -0.25) is 0 Å². The van der Waals surface area contributed by atoms with Gasteiger partial charge in [0.25, 0.3) is 0 Å². The molecule has 1 unspecified atom stereocenters. The van der Waals surface area contributed by atoms with E-state index in [0.717, 1.165) is 11.0 Å². The minimum absolute atomic E-state index is 0.130. The number of fused-ring (bicyclic) bond motifs is 3. The van der Waals surface area contributed by atoms with Crippen molar-refractivity contribution in [2.24, 2.45) is 5.92 Å². The Kier molecular flexibility index (Phi) is 4.58. The Morgan fingerprint density at radius 3 is 2.74 bits per heavy atom. The standard InChI is InChI=1S/C25H22O6/c1-13-8-18-10-17(24(26)29-18)12-21-23(14(2)15(3)28-21)20(9-13)31-25(27)22-11-16-6-4-5-7-19(16)30-22/h4-7,9-11,18,20-21,23H,2-3,8,12H2,1H3/b13-9+/t18-,20-,21?,23+/m1/s1. The van der Waals surface area contributed by atoms with Gasteiger partial charge in [0.15, 0.2) is 0 Å². The van der Waals surface area contributed by atoms with E-state index in [1.807, 2.05) is 37.3 Å². The molecule has 3 aliphatic rings. The number of esters is 2. The van der Waals surface area contributed by atoms with Crippen LogP contribution in [-0.2, 0) is 19.0 Å². The van der Waals surface area contributed by atoms with Gasteiger partial charge in [-0.25, -0.2) is 9.59 Å². The molecule has 3 heterocycles. The fourth-order valence-electron chi connectivity index (χ4n) is 4.47. The summed E-state index contributed by atoms with van der Waals surface area (Å²) in [6.45, 7) is 9.96. The van der Waals surface area contributed by atoms with Crippen molar-refractivity contribution in [3.05, 3.63) is 83.9 Å². The molecule has 6 heteroatoms. The molecule has 2 aromatic rings. The second kappa shape index (κ2) is 7.30. The van der Waals surface area contributed by atoms with Crippen LogP contribution in [0, 0.1) is 5.92 Å². The summed E-state index contributed by atoms with van der Waals surface area (Å²) in [4.78, 5) is 25.2. The number of carbonyl (C=O) groups excluding carboxylic acids is 2. The van der Waals surface area contributed by atoms with E-state index in [9.17, 15) is 9.59 Å². The molecule has 1 fully saturated rings. The van der Waals surface area contributed by atoms with E-state index >= 15 is 0 Å². The smallest absolute Gasteiger partial charge is 0.374 e. The SMILES string of the molecule is C=C1OC2CC3=C[C@@H](C/C(C)=C/[C@@H](OC(=O)c4cc5ccccc5o4)[C@@H]2C1=C)OC3=O. The quantitative estimate of drug-likeness (QED) is 0.523. The Bertz CT molecular complexity index is 1150. The molecule has 0 radical (unpaired) electrons. The first-order chi connectivity index (χ1) is 14.9. The lowest BCUT2D eigenvalue weighted by molar-refractivity contribution is -0.139. The third-order valence-corrected chi connectivity index (χ3v) is 5.98. The Balaban J connectivity index is 1.49. The van der Waals surface area contributed by atoms with Crippen LogP contribution in [0.3, 0.4) is 0 Å². The minimum atomic E-state index is -0.648. The van der Waals surface area contributed by atoms with E-state index in [1.165, 1.54) is 0 Å². The number of rotatable bonds is 2. The summed E-state index contributed by atoms with van der Waals surface area (Å²) < 4.78 is 23.0. The zero-order valence-corrected chi connectivity index (χ0v) is 17.1. The average molecular weight is 418 g/mol. The van der Waals surface area contributed by atoms with E-state index in [4.69, 9.17) is 18.6 Å². The Hall–Kier alpha value is -3.54. The summed E-state index contributed by atoms with van der Waals surface area (Å²) >= 11 is 0. The number of ether oxygens (including phenoxy) is 3. The number of benzene rings is 1. The summed E-state index contributed by atoms with van der Waals surface area (Å²) in [6, 6.07) is 9.06. The van der Waals surface area contributed by atoms with Crippen molar-refractivity contribution in [3.63, 3.8) is 0 Å². The summed E-state index contributed by atoms with van der Waals surface area (Å²) in [5.41, 5.74) is 2.77. The number of allylic oxidation sites excluding steroid dienone is 1. The number of para-hydroxylation sites is 1. The fourth-order valence-corrected chi connectivity index (χ4v) is 4.47. The zero-order valence-electron chi connectivity index (χ0n) is 17.1. The predicted molar refractivity (Wildman–Crippen MR) is 113 cm³/mol. The molecular formula is C25H22O6. The predicted octanol–water partition coefficient (Wildman–Crippen LogP) is 4.64. The largest absolute Gasteiger partial charge is 0.490 e. The molecular weight excluding hydrogens is 396 g/mol. The molecule has 2 aliphatic heterocycles. The second-order valence-corrected chi connectivity index (χ2v) is 8.21. The molecule has 4 atom stereocenters. The molecule has 1 saturated heterocycles. The Morgan fingerprint density at radius 2 is 1.94 bits per heavy atom. The van der Waals surface area contributed by atoms with E-state index in [2.05, 4.69) is 13.2 Å². The van der Waals surface area contributed by atoms with Crippen LogP contribution < -0.4 is 0 Å². The third-order valence-electron chi connectivity index (χ3n) is 5.98. The maximum absolute atomic E-state index is 13.0. The van der Waals surface area contributed by atoms with Crippen LogP contribution in [-0.4, -0.2) is 30.3 Å². The Labute approximate surface area is 179 Å². The van der Waals surface area contributed by atoms with Gasteiger partial charge in [-0.05, 0) is 36.8 Å². The highest BCUT2D eigenvalue weighted by Crippen LogP contribution is 2.42. The highest BCUT2D eigenvalue weighted by Gasteiger charge is 2.44. The van der Waals surface area contributed by atoms with Gasteiger partial charge in [0.05, 0.1) is 5.92 Å². The van der Waals surface area contributed by atoms with Crippen molar-refractivity contribution < 1.29 is 28.2 Å². The van der Waals surface area contributed by atoms with E-state index < -0.39 is 18.2 Å². The molecule has 0 N–H and O–H groups in total. The fraction of sp³-hybridized carbons (Fsp3) is 0.280. The van der Waals surface area contributed by atoms with Crippen molar-refractivity contribution in [3.8, 4) is 0 Å². The first-order valence-corrected chi connectivity index (χ1v) is 10.2. The molecule has 6 nitrogen and oxygen atoms in total. The van der Waals surface area contributed by atoms with Crippen LogP contribution in [0.25, 0.3) is 11.0 Å². The van der Waals surface area contributed by atoms with E-state index in [0.29, 0.717) is 35.3 Å². The van der Waals surface area contributed by atoms with Gasteiger partial charge < -0.3 is 18.6 Å². The minimum Gasteiger partial charge on any atom is -0.490 e. The maximum Gasteiger partial charge on any atom is 0.374 e. The lowest BCUT2D eigenvalue weighted by Gasteiger charge is -2.26. The molecule has 31 heavy (non-hydrogen) atoms. The van der Waals surface area contributed by atoms with Crippen LogP contribution in [0.5, 0.6) is 0 Å². The molecule has 2 bridgehead atoms. The molecule has 158 valence electrons. The number of hydrogen-bond donors (Lipinski definition) is 0. The first kappa shape index (κ1) is 19.4. The molecule has 0 amide bonds. The molecule has 5 rings (SSSR count). The van der Waals surface area contributed by atoms with Crippen LogP contribution in [0.4, 0.5) is 0 Å². The van der Waals surface area contributed by atoms with Crippen molar-refractivity contribution in [2.45, 2.75) is 38.1 Å². The van der Waals surface area contributed by atoms with Gasteiger partial charge in [0.2, 0.25) is 5.76 Å². The van der Waals surface area contributed by atoms with Gasteiger partial charge in [-0.1, -0.05) is 36.9 Å². The van der Waals surface area contributed by atoms with E-state index in [-0.39, 0.29) is 23.8 Å². The number of furan rings is 1. The van der Waals surface area contributed by atoms with Gasteiger partial charge in [0, 0.05) is 23.8 Å². The molecule has 0 spiro atoms. The first-order valence-electron chi connectivity index (χ1n) is 10.2. The van der Waals surface area contributed by atoms with Crippen LogP contribution in [0.15, 0.2) is 82.5 Å². The lowest BCUT2D eigenvalue weighted by Crippen LogP contribution is -2.33. The monoisotopic (exact) mass is 418 g/mol. The van der Waals surface area contributed by atoms with Gasteiger partial charge in [-0.15, -0.1) is 0 Å². The maximum atomic E-state index is 13.0. The molecule has 1 aliphatic carbocycles. The highest BCUT2D eigenvalue weighted by atomic mass is 16.6. The summed E-state index contributed by atoms with van der Waals surface area (Å²) in [5.74, 6) is -0.706. The van der Waals surface area contributed by atoms with Crippen LogP contribution in [0.2, 0.25) is 0 Å². The second-order valence-electron chi connectivity index (χ2n) is 8.21. The molecule has 1 aromatic carbocycles. The summed E-state index contributed by atoms with van der Waals surface area (Å²) in [5, 5.41) is 0.825. The van der Waals surface area contributed by atoms with Crippen molar-refractivity contribution in [1.82, 2.24) is 0 Å². The highest BCUT2D eigenvalue weighted by molar-refractivity contribution is 5.93. The normalized spacial score (nSPS) is 29.5. The van der Waals surface area contributed by atoms with Gasteiger partial charge >= 0.3 is 11.9 Å². The topological polar surface area (TPSA) is 75.0 Å².